The molecule has 82 valence electrons. The highest BCUT2D eigenvalue weighted by molar-refractivity contribution is 5.23. The second kappa shape index (κ2) is 7.81. The van der Waals surface area contributed by atoms with E-state index in [0.717, 1.165) is 6.42 Å². The molecule has 0 fully saturated rings. The van der Waals surface area contributed by atoms with Crippen molar-refractivity contribution in [2.24, 2.45) is 0 Å². The fourth-order valence-electron chi connectivity index (χ4n) is 1.61. The van der Waals surface area contributed by atoms with Crippen LogP contribution in [0.1, 0.15) is 40.5 Å². The number of nitrogens with zero attached hydrogens (tertiary/aromatic N) is 1. The Kier molecular flexibility index (Phi) is 7.50. The van der Waals surface area contributed by atoms with Crippen LogP contribution in [0.15, 0.2) is 23.8 Å². The van der Waals surface area contributed by atoms with Gasteiger partial charge in [-0.05, 0) is 45.9 Å². The first-order chi connectivity index (χ1) is 6.67. The molecule has 0 spiro atoms. The van der Waals surface area contributed by atoms with Crippen LogP contribution in [0.3, 0.4) is 0 Å². The van der Waals surface area contributed by atoms with E-state index in [1.807, 2.05) is 0 Å². The Labute approximate surface area is 89.5 Å². The zero-order chi connectivity index (χ0) is 11.0. The topological polar surface area (TPSA) is 3.24 Å². The highest BCUT2D eigenvalue weighted by atomic mass is 15.1. The third-order valence-corrected chi connectivity index (χ3v) is 2.52. The maximum absolute atomic E-state index is 2.40. The molecule has 0 amide bonds. The van der Waals surface area contributed by atoms with Gasteiger partial charge in [0.1, 0.15) is 0 Å². The van der Waals surface area contributed by atoms with Crippen LogP contribution in [-0.4, -0.2) is 24.5 Å². The quantitative estimate of drug-likeness (QED) is 0.585. The highest BCUT2D eigenvalue weighted by Crippen LogP contribution is 2.11. The molecule has 0 aliphatic carbocycles. The Morgan fingerprint density at radius 3 is 2.43 bits per heavy atom. The van der Waals surface area contributed by atoms with Crippen LogP contribution in [0, 0.1) is 0 Å². The fraction of sp³-hybridized carbons (Fsp3) is 0.692. The van der Waals surface area contributed by atoms with Crippen LogP contribution in [0.5, 0.6) is 0 Å². The van der Waals surface area contributed by atoms with Gasteiger partial charge in [-0.15, -0.1) is 0 Å². The first-order valence-corrected chi connectivity index (χ1v) is 5.70. The highest BCUT2D eigenvalue weighted by Gasteiger charge is 2.10. The molecule has 1 unspecified atom stereocenters. The van der Waals surface area contributed by atoms with E-state index in [1.54, 1.807) is 0 Å². The lowest BCUT2D eigenvalue weighted by Gasteiger charge is -2.25. The largest absolute Gasteiger partial charge is 0.300 e. The molecule has 0 aromatic rings. The molecule has 0 saturated heterocycles. The van der Waals surface area contributed by atoms with E-state index >= 15 is 0 Å². The van der Waals surface area contributed by atoms with E-state index in [0.29, 0.717) is 6.04 Å². The van der Waals surface area contributed by atoms with Crippen LogP contribution < -0.4 is 0 Å². The first-order valence-electron chi connectivity index (χ1n) is 5.70. The molecule has 1 nitrogen and oxygen atoms in total. The first kappa shape index (κ1) is 13.4. The molecule has 0 aliphatic rings. The number of rotatable bonds is 6. The van der Waals surface area contributed by atoms with Gasteiger partial charge < -0.3 is 0 Å². The normalized spacial score (nSPS) is 15.4. The smallest absolute Gasteiger partial charge is 0.0313 e. The van der Waals surface area contributed by atoms with Gasteiger partial charge in [-0.3, -0.25) is 4.90 Å². The molecule has 1 atom stereocenters. The van der Waals surface area contributed by atoms with Crippen molar-refractivity contribution in [3.8, 4) is 0 Å². The maximum atomic E-state index is 2.40. The summed E-state index contributed by atoms with van der Waals surface area (Å²) < 4.78 is 0. The summed E-state index contributed by atoms with van der Waals surface area (Å²) >= 11 is 0. The Bertz CT molecular complexity index is 191. The van der Waals surface area contributed by atoms with Crippen molar-refractivity contribution in [3.63, 3.8) is 0 Å². The molecule has 14 heavy (non-hydrogen) atoms. The molecule has 0 bridgehead atoms. The van der Waals surface area contributed by atoms with Gasteiger partial charge in [-0.2, -0.15) is 0 Å². The molecular weight excluding hydrogens is 170 g/mol. The maximum Gasteiger partial charge on any atom is 0.0313 e. The molecule has 0 saturated carbocycles. The zero-order valence-electron chi connectivity index (χ0n) is 10.4. The number of hydrogen-bond acceptors (Lipinski definition) is 1. The molecular formula is C13H25N. The van der Waals surface area contributed by atoms with Gasteiger partial charge >= 0.3 is 0 Å². The zero-order valence-corrected chi connectivity index (χ0v) is 10.4. The van der Waals surface area contributed by atoms with Crippen LogP contribution in [0.2, 0.25) is 0 Å². The molecule has 0 N–H and O–H groups in total. The average Bonchev–Trinajstić information content (AvgIpc) is 2.17. The molecule has 0 radical (unpaired) electrons. The number of likely N-dealkylation sites (N-methyl/N-ethyl adjacent to an activating group) is 1. The summed E-state index contributed by atoms with van der Waals surface area (Å²) in [6, 6.07) is 0.533. The van der Waals surface area contributed by atoms with E-state index in [-0.39, 0.29) is 0 Å². The SMILES string of the molecule is C/C=C\C(=C/CC)C(C)N(C)CCC. The Hall–Kier alpha value is -0.560. The van der Waals surface area contributed by atoms with E-state index in [1.165, 1.54) is 18.5 Å². The standard InChI is InChI=1S/C13H25N/c1-6-9-13(10-7-2)12(4)14(5)11-8-3/h6,9-10,12H,7-8,11H2,1-5H3/b9-6-,13-10+. The summed E-state index contributed by atoms with van der Waals surface area (Å²) in [5.41, 5.74) is 1.44. The minimum atomic E-state index is 0.533. The fourth-order valence-corrected chi connectivity index (χ4v) is 1.61. The second-order valence-electron chi connectivity index (χ2n) is 3.77. The monoisotopic (exact) mass is 195 g/mol. The van der Waals surface area contributed by atoms with Crippen LogP contribution in [-0.2, 0) is 0 Å². The van der Waals surface area contributed by atoms with Gasteiger partial charge in [-0.1, -0.05) is 32.1 Å². The summed E-state index contributed by atoms with van der Waals surface area (Å²) in [5, 5.41) is 0. The molecule has 0 aromatic heterocycles. The summed E-state index contributed by atoms with van der Waals surface area (Å²) in [6.45, 7) is 9.94. The Balaban J connectivity index is 4.42. The van der Waals surface area contributed by atoms with Crippen molar-refractivity contribution in [3.05, 3.63) is 23.8 Å². The minimum absolute atomic E-state index is 0.533. The number of allylic oxidation sites excluding steroid dienone is 2. The van der Waals surface area contributed by atoms with Gasteiger partial charge in [0.05, 0.1) is 0 Å². The van der Waals surface area contributed by atoms with Crippen molar-refractivity contribution in [2.75, 3.05) is 13.6 Å². The van der Waals surface area contributed by atoms with Gasteiger partial charge in [0.25, 0.3) is 0 Å². The third-order valence-electron chi connectivity index (χ3n) is 2.52. The molecule has 1 heteroatoms. The predicted octanol–water partition coefficient (Wildman–Crippen LogP) is 3.63. The molecule has 0 heterocycles. The van der Waals surface area contributed by atoms with Crippen LogP contribution in [0.4, 0.5) is 0 Å². The van der Waals surface area contributed by atoms with Crippen molar-refractivity contribution in [2.45, 2.75) is 46.6 Å². The minimum Gasteiger partial charge on any atom is -0.300 e. The molecule has 0 aromatic carbocycles. The van der Waals surface area contributed by atoms with E-state index in [9.17, 15) is 0 Å². The number of hydrogen-bond donors (Lipinski definition) is 0. The molecule has 0 rings (SSSR count). The van der Waals surface area contributed by atoms with Crippen molar-refractivity contribution in [1.29, 1.82) is 0 Å². The van der Waals surface area contributed by atoms with Crippen LogP contribution >= 0.6 is 0 Å². The average molecular weight is 195 g/mol. The lowest BCUT2D eigenvalue weighted by atomic mass is 10.1. The summed E-state index contributed by atoms with van der Waals surface area (Å²) in [6.07, 6.45) is 9.00. The summed E-state index contributed by atoms with van der Waals surface area (Å²) in [4.78, 5) is 2.40. The van der Waals surface area contributed by atoms with E-state index < -0.39 is 0 Å². The summed E-state index contributed by atoms with van der Waals surface area (Å²) in [7, 11) is 2.20. The van der Waals surface area contributed by atoms with Crippen LogP contribution in [0.25, 0.3) is 0 Å². The van der Waals surface area contributed by atoms with Gasteiger partial charge in [0.2, 0.25) is 0 Å². The van der Waals surface area contributed by atoms with Gasteiger partial charge in [0.15, 0.2) is 0 Å². The predicted molar refractivity (Wildman–Crippen MR) is 65.6 cm³/mol. The van der Waals surface area contributed by atoms with E-state index in [4.69, 9.17) is 0 Å². The second-order valence-corrected chi connectivity index (χ2v) is 3.77. The lowest BCUT2D eigenvalue weighted by molar-refractivity contribution is 0.290. The molecule has 0 aliphatic heterocycles. The van der Waals surface area contributed by atoms with Crippen molar-refractivity contribution in [1.82, 2.24) is 4.90 Å². The summed E-state index contributed by atoms with van der Waals surface area (Å²) in [5.74, 6) is 0. The van der Waals surface area contributed by atoms with E-state index in [2.05, 4.69) is 57.9 Å². The van der Waals surface area contributed by atoms with Gasteiger partial charge in [-0.25, -0.2) is 0 Å². The van der Waals surface area contributed by atoms with Gasteiger partial charge in [0, 0.05) is 6.04 Å². The Morgan fingerprint density at radius 1 is 1.36 bits per heavy atom. The van der Waals surface area contributed by atoms with Crippen molar-refractivity contribution < 1.29 is 0 Å². The third kappa shape index (κ3) is 4.61. The lowest BCUT2D eigenvalue weighted by Crippen LogP contribution is -2.30. The Morgan fingerprint density at radius 2 is 2.00 bits per heavy atom. The van der Waals surface area contributed by atoms with Crippen molar-refractivity contribution >= 4 is 0 Å².